The lowest BCUT2D eigenvalue weighted by atomic mass is 9.85. The Morgan fingerprint density at radius 2 is 0.431 bits per heavy atom. The zero-order valence-electron chi connectivity index (χ0n) is 31.8. The largest absolute Gasteiger partial charge is 0.0616 e. The molecule has 0 aliphatic rings. The highest BCUT2D eigenvalue weighted by Crippen LogP contribution is 2.46. The molecule has 0 spiro atoms. The van der Waals surface area contributed by atoms with E-state index in [9.17, 15) is 0 Å². The van der Waals surface area contributed by atoms with Gasteiger partial charge in [-0.25, -0.2) is 0 Å². The van der Waals surface area contributed by atoms with Crippen LogP contribution in [0.15, 0.2) is 218 Å². The van der Waals surface area contributed by atoms with E-state index >= 15 is 0 Å². The van der Waals surface area contributed by atoms with Crippen molar-refractivity contribution in [3.63, 3.8) is 0 Å². The van der Waals surface area contributed by atoms with Crippen molar-refractivity contribution < 1.29 is 0 Å². The normalized spacial score (nSPS) is 11.8. The lowest BCUT2D eigenvalue weighted by Gasteiger charge is -2.18. The quantitative estimate of drug-likeness (QED) is 0.158. The Hall–Kier alpha value is -7.54. The van der Waals surface area contributed by atoms with Crippen LogP contribution in [0.25, 0.3) is 120 Å². The van der Waals surface area contributed by atoms with Gasteiger partial charge in [-0.05, 0) is 144 Å². The number of benzene rings is 12. The molecule has 0 atom stereocenters. The Balaban J connectivity index is 1.03. The van der Waals surface area contributed by atoms with Crippen molar-refractivity contribution in [2.75, 3.05) is 0 Å². The van der Waals surface area contributed by atoms with Gasteiger partial charge in [0.05, 0.1) is 0 Å². The molecule has 12 aromatic carbocycles. The van der Waals surface area contributed by atoms with Crippen LogP contribution in [0.4, 0.5) is 0 Å². The average molecular weight is 733 g/mol. The van der Waals surface area contributed by atoms with Crippen LogP contribution in [0.1, 0.15) is 0 Å². The van der Waals surface area contributed by atoms with Crippen LogP contribution in [0.5, 0.6) is 0 Å². The average Bonchev–Trinajstić information content (AvgIpc) is 3.31. The smallest absolute Gasteiger partial charge is 0.00137 e. The minimum atomic E-state index is 1.22. The topological polar surface area (TPSA) is 0 Å². The first-order valence-corrected chi connectivity index (χ1v) is 20.2. The van der Waals surface area contributed by atoms with Crippen molar-refractivity contribution in [3.8, 4) is 44.5 Å². The molecule has 268 valence electrons. The van der Waals surface area contributed by atoms with Crippen molar-refractivity contribution in [1.29, 1.82) is 0 Å². The molecule has 0 heterocycles. The van der Waals surface area contributed by atoms with Crippen molar-refractivity contribution >= 4 is 75.4 Å². The van der Waals surface area contributed by atoms with Gasteiger partial charge in [0.1, 0.15) is 0 Å². The van der Waals surface area contributed by atoms with Crippen molar-refractivity contribution in [2.45, 2.75) is 0 Å². The van der Waals surface area contributed by atoms with E-state index in [1.165, 1.54) is 120 Å². The molecule has 0 radical (unpaired) electrons. The molecule has 0 aliphatic heterocycles. The molecule has 0 bridgehead atoms. The van der Waals surface area contributed by atoms with Gasteiger partial charge >= 0.3 is 0 Å². The summed E-state index contributed by atoms with van der Waals surface area (Å²) in [5, 5.41) is 18.0. The molecule has 0 saturated heterocycles. The molecular formula is C58H36. The predicted octanol–water partition coefficient (Wildman–Crippen LogP) is 16.4. The maximum absolute atomic E-state index is 2.43. The van der Waals surface area contributed by atoms with Gasteiger partial charge in [0, 0.05) is 0 Å². The van der Waals surface area contributed by atoms with E-state index in [1.807, 2.05) is 0 Å². The van der Waals surface area contributed by atoms with Gasteiger partial charge in [-0.3, -0.25) is 0 Å². The standard InChI is InChI=1S/C58H36/c1-3-11-43-33-45(27-25-37(43)9-1)39-17-21-41(22-18-39)47-29-31-51-52-32-30-48(42-23-19-40(20-24-42)46-28-26-38-10-2-4-12-44(38)34-46)36-56(52)58-54-16-8-6-14-50(54)49-13-5-7-15-53(49)57(58)55(51)35-47/h1-36H. The molecule has 0 heteroatoms. The molecule has 0 aromatic heterocycles. The summed E-state index contributed by atoms with van der Waals surface area (Å²) in [6.07, 6.45) is 0. The third-order valence-corrected chi connectivity index (χ3v) is 12.4. The molecule has 12 rings (SSSR count). The minimum Gasteiger partial charge on any atom is -0.0616 e. The molecule has 0 nitrogen and oxygen atoms in total. The van der Waals surface area contributed by atoms with E-state index in [1.54, 1.807) is 0 Å². The van der Waals surface area contributed by atoms with Crippen LogP contribution in [0, 0.1) is 0 Å². The van der Waals surface area contributed by atoms with E-state index in [0.717, 1.165) is 0 Å². The van der Waals surface area contributed by atoms with E-state index in [4.69, 9.17) is 0 Å². The molecule has 58 heavy (non-hydrogen) atoms. The van der Waals surface area contributed by atoms with Crippen LogP contribution >= 0.6 is 0 Å². The highest BCUT2D eigenvalue weighted by molar-refractivity contribution is 6.39. The highest BCUT2D eigenvalue weighted by atomic mass is 14.2. The molecule has 0 saturated carbocycles. The summed E-state index contributed by atoms with van der Waals surface area (Å²) in [5.41, 5.74) is 9.79. The number of rotatable bonds is 4. The fraction of sp³-hybridized carbons (Fsp3) is 0. The Morgan fingerprint density at radius 3 is 0.828 bits per heavy atom. The molecular weight excluding hydrogens is 697 g/mol. The Morgan fingerprint density at radius 1 is 0.155 bits per heavy atom. The van der Waals surface area contributed by atoms with Crippen LogP contribution in [0.3, 0.4) is 0 Å². The molecule has 12 aromatic rings. The van der Waals surface area contributed by atoms with E-state index in [0.29, 0.717) is 0 Å². The Labute approximate surface area is 336 Å². The number of hydrogen-bond acceptors (Lipinski definition) is 0. The molecule has 0 aliphatic carbocycles. The maximum atomic E-state index is 2.43. The van der Waals surface area contributed by atoms with Gasteiger partial charge in [-0.15, -0.1) is 0 Å². The lowest BCUT2D eigenvalue weighted by Crippen LogP contribution is -1.90. The van der Waals surface area contributed by atoms with Crippen LogP contribution in [-0.2, 0) is 0 Å². The van der Waals surface area contributed by atoms with Crippen LogP contribution in [0.2, 0.25) is 0 Å². The first-order valence-electron chi connectivity index (χ1n) is 20.2. The van der Waals surface area contributed by atoms with Gasteiger partial charge in [0.2, 0.25) is 0 Å². The SMILES string of the molecule is c1ccc2cc(-c3ccc(-c4ccc5c6ccc(-c7ccc(-c8ccc9ccccc9c8)cc7)cc6c6c7ccccc7c7ccccc7c6c5c4)cc3)ccc2c1. The van der Waals surface area contributed by atoms with Gasteiger partial charge in [-0.2, -0.15) is 0 Å². The second-order valence-corrected chi connectivity index (χ2v) is 15.6. The summed E-state index contributed by atoms with van der Waals surface area (Å²) in [6.45, 7) is 0. The Bertz CT molecular complexity index is 3350. The predicted molar refractivity (Wildman–Crippen MR) is 251 cm³/mol. The monoisotopic (exact) mass is 732 g/mol. The summed E-state index contributed by atoms with van der Waals surface area (Å²) in [4.78, 5) is 0. The first kappa shape index (κ1) is 32.7. The van der Waals surface area contributed by atoms with Crippen molar-refractivity contribution in [1.82, 2.24) is 0 Å². The van der Waals surface area contributed by atoms with Crippen LogP contribution < -0.4 is 0 Å². The van der Waals surface area contributed by atoms with Gasteiger partial charge < -0.3 is 0 Å². The summed E-state index contributed by atoms with van der Waals surface area (Å²) >= 11 is 0. The van der Waals surface area contributed by atoms with Gasteiger partial charge in [-0.1, -0.05) is 194 Å². The summed E-state index contributed by atoms with van der Waals surface area (Å²) in [6, 6.07) is 80.9. The minimum absolute atomic E-state index is 1.22. The van der Waals surface area contributed by atoms with E-state index < -0.39 is 0 Å². The fourth-order valence-electron chi connectivity index (χ4n) is 9.48. The molecule has 0 N–H and O–H groups in total. The number of hydrogen-bond donors (Lipinski definition) is 0. The van der Waals surface area contributed by atoms with Crippen molar-refractivity contribution in [3.05, 3.63) is 218 Å². The van der Waals surface area contributed by atoms with E-state index in [-0.39, 0.29) is 0 Å². The van der Waals surface area contributed by atoms with Gasteiger partial charge in [0.15, 0.2) is 0 Å². The zero-order valence-corrected chi connectivity index (χ0v) is 31.8. The summed E-state index contributed by atoms with van der Waals surface area (Å²) < 4.78 is 0. The van der Waals surface area contributed by atoms with Gasteiger partial charge in [0.25, 0.3) is 0 Å². The third kappa shape index (κ3) is 5.23. The lowest BCUT2D eigenvalue weighted by molar-refractivity contribution is 1.61. The Kier molecular flexibility index (Phi) is 7.33. The van der Waals surface area contributed by atoms with E-state index in [2.05, 4.69) is 218 Å². The zero-order chi connectivity index (χ0) is 38.2. The summed E-state index contributed by atoms with van der Waals surface area (Å²) in [5.74, 6) is 0. The first-order chi connectivity index (χ1) is 28.7. The van der Waals surface area contributed by atoms with Crippen molar-refractivity contribution in [2.24, 2.45) is 0 Å². The molecule has 0 fully saturated rings. The fourth-order valence-corrected chi connectivity index (χ4v) is 9.48. The second-order valence-electron chi connectivity index (χ2n) is 15.6. The second kappa shape index (κ2) is 13.0. The molecule has 0 amide bonds. The summed E-state index contributed by atoms with van der Waals surface area (Å²) in [7, 11) is 0. The highest BCUT2D eigenvalue weighted by Gasteiger charge is 2.17. The maximum Gasteiger partial charge on any atom is -0.00137 e. The van der Waals surface area contributed by atoms with Crippen LogP contribution in [-0.4, -0.2) is 0 Å². The number of fused-ring (bicyclic) bond motifs is 13. The third-order valence-electron chi connectivity index (χ3n) is 12.4. The molecule has 0 unspecified atom stereocenters.